The minimum absolute atomic E-state index is 0. The zero-order chi connectivity index (χ0) is 38.2. The van der Waals surface area contributed by atoms with Crippen LogP contribution in [0.5, 0.6) is 11.5 Å². The van der Waals surface area contributed by atoms with Gasteiger partial charge in [0.1, 0.15) is 22.7 Å². The molecule has 10 nitrogen and oxygen atoms in total. The minimum Gasteiger partial charge on any atom is -0.722 e. The summed E-state index contributed by atoms with van der Waals surface area (Å²) in [7, 11) is 0. The van der Waals surface area contributed by atoms with Crippen LogP contribution in [0.3, 0.4) is 0 Å². The Morgan fingerprint density at radius 2 is 0.717 bits per heavy atom. The van der Waals surface area contributed by atoms with E-state index in [4.69, 9.17) is 38.2 Å². The molecule has 0 saturated carbocycles. The van der Waals surface area contributed by atoms with Crippen molar-refractivity contribution in [2.24, 2.45) is 0 Å². The van der Waals surface area contributed by atoms with Gasteiger partial charge in [-0.1, -0.05) is 104 Å². The van der Waals surface area contributed by atoms with Crippen molar-refractivity contribution >= 4 is 0 Å². The Morgan fingerprint density at radius 1 is 0.434 bits per heavy atom. The molecule has 0 aliphatic rings. The van der Waals surface area contributed by atoms with Crippen molar-refractivity contribution < 1.29 is 70.4 Å². The van der Waals surface area contributed by atoms with E-state index in [1.54, 1.807) is 0 Å². The van der Waals surface area contributed by atoms with E-state index in [0.717, 1.165) is 99.7 Å². The van der Waals surface area contributed by atoms with Gasteiger partial charge in [-0.25, -0.2) is 0 Å². The first-order valence-electron chi connectivity index (χ1n) is 19.8. The fraction of sp³-hybridized carbons (Fsp3) is 0.714. The molecule has 0 aliphatic carbocycles. The average molecular weight is 783 g/mol. The molecule has 0 radical (unpaired) electrons. The molecule has 0 atom stereocenters. The van der Waals surface area contributed by atoms with E-state index >= 15 is 0 Å². The summed E-state index contributed by atoms with van der Waals surface area (Å²) in [6.07, 6.45) is 12.1. The van der Waals surface area contributed by atoms with Gasteiger partial charge in [0.05, 0.1) is 39.6 Å². The molecule has 11 heteroatoms. The van der Waals surface area contributed by atoms with Gasteiger partial charge in [0, 0.05) is 26.4 Å². The first kappa shape index (κ1) is 51.4. The molecule has 302 valence electrons. The van der Waals surface area contributed by atoms with Crippen LogP contribution in [0.4, 0.5) is 0 Å². The van der Waals surface area contributed by atoms with Crippen LogP contribution >= 0.6 is 0 Å². The maximum atomic E-state index is 11.8. The fourth-order valence-electron chi connectivity index (χ4n) is 4.95. The molecule has 2 aromatic carbocycles. The Labute approximate surface area is 336 Å². The quantitative estimate of drug-likeness (QED) is 0.0313. The van der Waals surface area contributed by atoms with E-state index in [9.17, 15) is 10.5 Å². The van der Waals surface area contributed by atoms with Crippen molar-refractivity contribution in [1.82, 2.24) is 0 Å². The van der Waals surface area contributed by atoms with E-state index < -0.39 is 11.2 Å². The van der Waals surface area contributed by atoms with Crippen molar-refractivity contribution in [2.75, 3.05) is 66.1 Å². The van der Waals surface area contributed by atoms with Gasteiger partial charge in [0.25, 0.3) is 0 Å². The maximum absolute atomic E-state index is 11.8. The molecular weight excluding hydrogens is 712 g/mol. The first-order chi connectivity index (χ1) is 25.4. The molecule has 0 heterocycles. The number of ether oxygens (including phenoxy) is 6. The summed E-state index contributed by atoms with van der Waals surface area (Å²) < 4.78 is 34.5. The van der Waals surface area contributed by atoms with Crippen LogP contribution < -0.4 is 20.0 Å². The SMILES string of the molecule is CCCCOCC(COCCCC)(O[O-])c1cccc(OCCCC)c1.CCCCOCC(COCCCC)(O[O-])c1cccc(OCCCC)c1.[Ti+2]. The summed E-state index contributed by atoms with van der Waals surface area (Å²) in [5.74, 6) is 1.47. The topological polar surface area (TPSA) is 120 Å². The molecule has 0 fully saturated rings. The normalized spacial score (nSPS) is 11.5. The van der Waals surface area contributed by atoms with Crippen molar-refractivity contribution in [3.05, 3.63) is 59.7 Å². The zero-order valence-corrected chi connectivity index (χ0v) is 35.3. The molecule has 2 aromatic rings. The van der Waals surface area contributed by atoms with E-state index in [0.29, 0.717) is 39.6 Å². The Balaban J connectivity index is 0.00000100. The summed E-state index contributed by atoms with van der Waals surface area (Å²) in [5.41, 5.74) is -0.860. The van der Waals surface area contributed by atoms with Gasteiger partial charge in [0.15, 0.2) is 0 Å². The summed E-state index contributed by atoms with van der Waals surface area (Å²) in [6, 6.07) is 15.0. The van der Waals surface area contributed by atoms with E-state index in [1.165, 1.54) is 0 Å². The standard InChI is InChI=1S/2C21H36O5.Ti/c2*1-4-7-13-23-17-21(26-22,18-24-14-8-5-2)19-11-10-12-20(16-19)25-15-9-6-3;/h2*10-12,16,22H,4-9,13-15,17-18H2,1-3H3;/q;;+2/p-2. The van der Waals surface area contributed by atoms with Crippen molar-refractivity contribution in [2.45, 2.75) is 130 Å². The third-order valence-corrected chi connectivity index (χ3v) is 8.48. The van der Waals surface area contributed by atoms with Gasteiger partial charge in [-0.05, 0) is 73.9 Å². The molecule has 2 rings (SSSR count). The molecule has 0 saturated heterocycles. The number of rotatable bonds is 32. The molecular formula is C42H70O10Ti. The van der Waals surface area contributed by atoms with Crippen molar-refractivity contribution in [3.63, 3.8) is 0 Å². The Hall–Kier alpha value is -1.57. The van der Waals surface area contributed by atoms with Crippen molar-refractivity contribution in [3.8, 4) is 11.5 Å². The van der Waals surface area contributed by atoms with Crippen molar-refractivity contribution in [1.29, 1.82) is 0 Å². The molecule has 0 aliphatic heterocycles. The molecule has 0 aromatic heterocycles. The van der Waals surface area contributed by atoms with Gasteiger partial charge in [-0.2, -0.15) is 0 Å². The Kier molecular flexibility index (Phi) is 32.7. The van der Waals surface area contributed by atoms with Crippen LogP contribution in [0.2, 0.25) is 0 Å². The van der Waals surface area contributed by atoms with Crippen LogP contribution in [0.1, 0.15) is 130 Å². The third kappa shape index (κ3) is 21.4. The predicted molar refractivity (Wildman–Crippen MR) is 202 cm³/mol. The van der Waals surface area contributed by atoms with Crippen LogP contribution in [0, 0.1) is 0 Å². The van der Waals surface area contributed by atoms with E-state index in [1.807, 2.05) is 48.5 Å². The second kappa shape index (κ2) is 33.7. The summed E-state index contributed by atoms with van der Waals surface area (Å²) >= 11 is 0. The molecule has 0 amide bonds. The van der Waals surface area contributed by atoms with Gasteiger partial charge in [0.2, 0.25) is 0 Å². The molecule has 0 N–H and O–H groups in total. The number of hydrogen-bond acceptors (Lipinski definition) is 10. The smallest absolute Gasteiger partial charge is 0.722 e. The second-order valence-corrected chi connectivity index (χ2v) is 13.2. The van der Waals surface area contributed by atoms with E-state index in [2.05, 4.69) is 41.5 Å². The maximum Gasteiger partial charge on any atom is 2.00 e. The van der Waals surface area contributed by atoms with Gasteiger partial charge in [-0.3, -0.25) is 0 Å². The molecule has 0 spiro atoms. The molecule has 0 unspecified atom stereocenters. The summed E-state index contributed by atoms with van der Waals surface area (Å²) in [6.45, 7) is 17.0. The fourth-order valence-corrected chi connectivity index (χ4v) is 4.95. The number of unbranched alkanes of at least 4 members (excludes halogenated alkanes) is 6. The zero-order valence-electron chi connectivity index (χ0n) is 33.8. The van der Waals surface area contributed by atoms with E-state index in [-0.39, 0.29) is 48.1 Å². The second-order valence-electron chi connectivity index (χ2n) is 13.2. The van der Waals surface area contributed by atoms with Gasteiger partial charge < -0.3 is 48.7 Å². The Bertz CT molecular complexity index is 996. The van der Waals surface area contributed by atoms with Crippen LogP contribution in [0.25, 0.3) is 0 Å². The monoisotopic (exact) mass is 782 g/mol. The Morgan fingerprint density at radius 3 is 0.981 bits per heavy atom. The number of benzene rings is 2. The largest absolute Gasteiger partial charge is 2.00 e. The number of hydrogen-bond donors (Lipinski definition) is 0. The minimum atomic E-state index is -1.16. The third-order valence-electron chi connectivity index (χ3n) is 8.48. The molecule has 0 bridgehead atoms. The summed E-state index contributed by atoms with van der Waals surface area (Å²) in [5, 5.41) is 23.5. The molecule has 53 heavy (non-hydrogen) atoms. The van der Waals surface area contributed by atoms with Crippen LogP contribution in [0.15, 0.2) is 48.5 Å². The van der Waals surface area contributed by atoms with Gasteiger partial charge in [-0.15, -0.1) is 0 Å². The van der Waals surface area contributed by atoms with Gasteiger partial charge >= 0.3 is 21.7 Å². The summed E-state index contributed by atoms with van der Waals surface area (Å²) in [4.78, 5) is 9.42. The first-order valence-corrected chi connectivity index (χ1v) is 19.8. The predicted octanol–water partition coefficient (Wildman–Crippen LogP) is 7.97. The van der Waals surface area contributed by atoms with Crippen LogP contribution in [-0.2, 0) is 61.6 Å². The average Bonchev–Trinajstić information content (AvgIpc) is 3.18. The van der Waals surface area contributed by atoms with Crippen LogP contribution in [-0.4, -0.2) is 66.1 Å².